The number of rotatable bonds is 4. The van der Waals surface area contributed by atoms with Crippen molar-refractivity contribution in [1.82, 2.24) is 14.9 Å². The van der Waals surface area contributed by atoms with Crippen LogP contribution in [0.15, 0.2) is 54.4 Å². The van der Waals surface area contributed by atoms with E-state index in [1.807, 2.05) is 0 Å². The Morgan fingerprint density at radius 2 is 1.89 bits per heavy atom. The lowest BCUT2D eigenvalue weighted by molar-refractivity contribution is -0.140. The lowest BCUT2D eigenvalue weighted by Crippen LogP contribution is -2.46. The molecule has 1 aliphatic carbocycles. The summed E-state index contributed by atoms with van der Waals surface area (Å²) in [4.78, 5) is 37.7. The van der Waals surface area contributed by atoms with E-state index in [2.05, 4.69) is 15.3 Å². The van der Waals surface area contributed by atoms with Crippen molar-refractivity contribution in [2.75, 3.05) is 41.8 Å². The molecule has 0 spiro atoms. The Bertz CT molecular complexity index is 1220. The molecule has 182 valence electrons. The molecule has 1 aromatic heterocycles. The molecule has 0 unspecified atom stereocenters. The molecule has 35 heavy (non-hydrogen) atoms. The fourth-order valence-electron chi connectivity index (χ4n) is 4.24. The second-order valence-electron chi connectivity index (χ2n) is 8.84. The minimum absolute atomic E-state index is 0.0455. The first kappa shape index (κ1) is 22.9. The van der Waals surface area contributed by atoms with Crippen LogP contribution in [0.4, 0.5) is 31.9 Å². The van der Waals surface area contributed by atoms with Crippen LogP contribution in [0.1, 0.15) is 23.2 Å². The number of carbonyl (C=O) groups excluding carboxylic acids is 2. The number of likely N-dealkylation sites (tertiary alicyclic amines) is 1. The Hall–Kier alpha value is -3.86. The lowest BCUT2D eigenvalue weighted by atomic mass is 10.0. The Labute approximate surface area is 200 Å². The van der Waals surface area contributed by atoms with E-state index in [4.69, 9.17) is 5.73 Å². The molecule has 2 amide bonds. The number of allylic oxidation sites excluding steroid dienone is 3. The number of nitrogens with one attached hydrogen (secondary N) is 1. The highest BCUT2D eigenvalue weighted by atomic mass is 19.3. The zero-order chi connectivity index (χ0) is 24.7. The number of nitrogens with zero attached hydrogens (tertiary/aromatic N) is 5. The standard InChI is InChI=1S/C24H25F2N7O2/c1-31-19-13-28-23(30-20(19)33(18-3-2-4-18)14-24(25,26)22(31)35)29-17-7-5-15(6-8-17)21(34)32-11-9-16(27)10-12-32/h2-8,13,16H,9-12,14,27H2,1H3,(H,28,29,30). The van der Waals surface area contributed by atoms with Crippen LogP contribution < -0.4 is 20.9 Å². The van der Waals surface area contributed by atoms with Crippen molar-refractivity contribution < 1.29 is 18.4 Å². The van der Waals surface area contributed by atoms with Gasteiger partial charge in [-0.2, -0.15) is 13.8 Å². The van der Waals surface area contributed by atoms with Gasteiger partial charge < -0.3 is 25.8 Å². The molecule has 1 saturated heterocycles. The van der Waals surface area contributed by atoms with E-state index in [-0.39, 0.29) is 29.4 Å². The number of carbonyl (C=O) groups is 2. The maximum atomic E-state index is 14.6. The van der Waals surface area contributed by atoms with Crippen molar-refractivity contribution in [2.24, 2.45) is 5.73 Å². The van der Waals surface area contributed by atoms with Crippen LogP contribution in [0, 0.1) is 0 Å². The summed E-state index contributed by atoms with van der Waals surface area (Å²) in [6.45, 7) is 0.455. The van der Waals surface area contributed by atoms with Crippen LogP contribution in [-0.4, -0.2) is 65.3 Å². The van der Waals surface area contributed by atoms with Gasteiger partial charge in [0.05, 0.1) is 12.7 Å². The largest absolute Gasteiger partial charge is 0.342 e. The van der Waals surface area contributed by atoms with Gasteiger partial charge in [-0.3, -0.25) is 9.59 Å². The number of aromatic nitrogens is 2. The summed E-state index contributed by atoms with van der Waals surface area (Å²) in [6.07, 6.45) is 8.01. The third kappa shape index (κ3) is 4.34. The van der Waals surface area contributed by atoms with E-state index in [0.29, 0.717) is 30.0 Å². The molecule has 11 heteroatoms. The van der Waals surface area contributed by atoms with Gasteiger partial charge in [-0.25, -0.2) is 4.98 Å². The second kappa shape index (κ2) is 8.73. The van der Waals surface area contributed by atoms with E-state index in [9.17, 15) is 18.4 Å². The Balaban J connectivity index is 1.37. The molecule has 1 aromatic carbocycles. The van der Waals surface area contributed by atoms with Gasteiger partial charge in [0.2, 0.25) is 5.95 Å². The van der Waals surface area contributed by atoms with Crippen LogP contribution in [0.25, 0.3) is 0 Å². The van der Waals surface area contributed by atoms with Gasteiger partial charge in [0.1, 0.15) is 5.69 Å². The molecule has 9 nitrogen and oxygen atoms in total. The van der Waals surface area contributed by atoms with E-state index in [1.54, 1.807) is 47.4 Å². The number of piperidine rings is 1. The molecule has 1 fully saturated rings. The van der Waals surface area contributed by atoms with Gasteiger partial charge in [0.25, 0.3) is 11.8 Å². The number of alkyl halides is 2. The van der Waals surface area contributed by atoms with E-state index in [0.717, 1.165) is 17.7 Å². The quantitative estimate of drug-likeness (QED) is 0.691. The monoisotopic (exact) mass is 481 g/mol. The smallest absolute Gasteiger partial charge is 0.339 e. The summed E-state index contributed by atoms with van der Waals surface area (Å²) in [6, 6.07) is 7.04. The molecule has 3 heterocycles. The Kier molecular flexibility index (Phi) is 5.72. The van der Waals surface area contributed by atoms with Crippen LogP contribution in [0.3, 0.4) is 0 Å². The van der Waals surface area contributed by atoms with Crippen molar-refractivity contribution in [3.8, 4) is 0 Å². The summed E-state index contributed by atoms with van der Waals surface area (Å²) in [7, 11) is 1.28. The summed E-state index contributed by atoms with van der Waals surface area (Å²) in [5, 5.41) is 3.05. The third-order valence-electron chi connectivity index (χ3n) is 6.40. The highest BCUT2D eigenvalue weighted by molar-refractivity contribution is 6.02. The van der Waals surface area contributed by atoms with Gasteiger partial charge in [-0.1, -0.05) is 6.08 Å². The van der Waals surface area contributed by atoms with Crippen LogP contribution in [0.5, 0.6) is 0 Å². The number of amides is 2. The van der Waals surface area contributed by atoms with Crippen molar-refractivity contribution in [2.45, 2.75) is 24.8 Å². The number of anilines is 4. The van der Waals surface area contributed by atoms with Gasteiger partial charge in [0.15, 0.2) is 5.82 Å². The second-order valence-corrected chi connectivity index (χ2v) is 8.84. The van der Waals surface area contributed by atoms with Gasteiger partial charge in [-0.15, -0.1) is 0 Å². The van der Waals surface area contributed by atoms with E-state index < -0.39 is 18.4 Å². The Morgan fingerprint density at radius 1 is 1.20 bits per heavy atom. The minimum atomic E-state index is -3.59. The lowest BCUT2D eigenvalue weighted by Gasteiger charge is -2.30. The number of hydrogen-bond donors (Lipinski definition) is 2. The van der Waals surface area contributed by atoms with Gasteiger partial charge in [-0.05, 0) is 49.3 Å². The molecule has 3 N–H and O–H groups in total. The van der Waals surface area contributed by atoms with Crippen molar-refractivity contribution in [3.05, 3.63) is 60.0 Å². The fourth-order valence-corrected chi connectivity index (χ4v) is 4.24. The first-order valence-corrected chi connectivity index (χ1v) is 11.3. The predicted octanol–water partition coefficient (Wildman–Crippen LogP) is 2.66. The summed E-state index contributed by atoms with van der Waals surface area (Å²) in [5.41, 5.74) is 7.82. The molecular formula is C24H25F2N7O2. The zero-order valence-electron chi connectivity index (χ0n) is 19.1. The van der Waals surface area contributed by atoms with Gasteiger partial charge in [0, 0.05) is 43.1 Å². The first-order chi connectivity index (χ1) is 16.7. The number of hydrogen-bond acceptors (Lipinski definition) is 7. The molecule has 2 aromatic rings. The molecule has 0 bridgehead atoms. The third-order valence-corrected chi connectivity index (χ3v) is 6.40. The first-order valence-electron chi connectivity index (χ1n) is 11.3. The van der Waals surface area contributed by atoms with E-state index >= 15 is 0 Å². The van der Waals surface area contributed by atoms with Crippen LogP contribution >= 0.6 is 0 Å². The maximum absolute atomic E-state index is 14.6. The highest BCUT2D eigenvalue weighted by Crippen LogP contribution is 2.38. The van der Waals surface area contributed by atoms with Crippen molar-refractivity contribution in [3.63, 3.8) is 0 Å². The summed E-state index contributed by atoms with van der Waals surface area (Å²) < 4.78 is 29.1. The maximum Gasteiger partial charge on any atom is 0.342 e. The summed E-state index contributed by atoms with van der Waals surface area (Å²) >= 11 is 0. The average Bonchev–Trinajstić information content (AvgIpc) is 2.88. The molecule has 0 saturated carbocycles. The highest BCUT2D eigenvalue weighted by Gasteiger charge is 2.48. The number of nitrogens with two attached hydrogens (primary N) is 1. The normalized spacial score (nSPS) is 19.6. The average molecular weight is 482 g/mol. The molecule has 2 aliphatic heterocycles. The molecular weight excluding hydrogens is 456 g/mol. The summed E-state index contributed by atoms with van der Waals surface area (Å²) in [5.74, 6) is -4.58. The molecule has 5 rings (SSSR count). The topological polar surface area (TPSA) is 108 Å². The van der Waals surface area contributed by atoms with Crippen LogP contribution in [0.2, 0.25) is 0 Å². The molecule has 3 aliphatic rings. The van der Waals surface area contributed by atoms with Gasteiger partial charge >= 0.3 is 5.92 Å². The number of fused-ring (bicyclic) bond motifs is 1. The van der Waals surface area contributed by atoms with Crippen molar-refractivity contribution in [1.29, 1.82) is 0 Å². The van der Waals surface area contributed by atoms with Crippen molar-refractivity contribution >= 4 is 35.0 Å². The molecule has 0 radical (unpaired) electrons. The molecule has 0 atom stereocenters. The predicted molar refractivity (Wildman–Crippen MR) is 128 cm³/mol. The zero-order valence-corrected chi connectivity index (χ0v) is 19.1. The number of benzene rings is 1. The van der Waals surface area contributed by atoms with Crippen LogP contribution in [-0.2, 0) is 4.79 Å². The SMILES string of the molecule is CN1C(=O)C(F)(F)CN(C2=CC=C2)c2nc(Nc3ccc(C(=O)N4CCC(N)CC4)cc3)ncc21. The minimum Gasteiger partial charge on any atom is -0.339 e. The number of halogens is 2. The Morgan fingerprint density at radius 3 is 2.51 bits per heavy atom. The fraction of sp³-hybridized carbons (Fsp3) is 0.333. The van der Waals surface area contributed by atoms with E-state index in [1.165, 1.54) is 18.1 Å².